The third kappa shape index (κ3) is 2.71. The summed E-state index contributed by atoms with van der Waals surface area (Å²) >= 11 is 17.1. The van der Waals surface area contributed by atoms with Crippen LogP contribution in [0, 0.1) is 0 Å². The number of benzene rings is 1. The molecule has 0 fully saturated rings. The lowest BCUT2D eigenvalue weighted by molar-refractivity contribution is 1.63. The normalized spacial score (nSPS) is 11.8. The first-order valence-corrected chi connectivity index (χ1v) is 4.70. The largest absolute Gasteiger partial charge is 0.122 e. The molecule has 0 heterocycles. The highest BCUT2D eigenvalue weighted by Crippen LogP contribution is 2.20. The van der Waals surface area contributed by atoms with Crippen LogP contribution in [0.4, 0.5) is 0 Å². The van der Waals surface area contributed by atoms with Crippen molar-refractivity contribution in [3.8, 4) is 0 Å². The summed E-state index contributed by atoms with van der Waals surface area (Å²) in [4.78, 5) is 0. The van der Waals surface area contributed by atoms with Gasteiger partial charge in [0, 0.05) is 15.9 Å². The highest BCUT2D eigenvalue weighted by atomic mass is 35.5. The lowest BCUT2D eigenvalue weighted by atomic mass is 10.2. The molecular formula is C9H7Cl3. The van der Waals surface area contributed by atoms with E-state index in [2.05, 4.69) is 0 Å². The van der Waals surface area contributed by atoms with Crippen LogP contribution in [-0.4, -0.2) is 5.88 Å². The highest BCUT2D eigenvalue weighted by Gasteiger charge is 1.95. The monoisotopic (exact) mass is 220 g/mol. The molecule has 1 rings (SSSR count). The third-order valence-corrected chi connectivity index (χ3v) is 2.16. The topological polar surface area (TPSA) is 0 Å². The zero-order valence-corrected chi connectivity index (χ0v) is 8.50. The molecule has 0 N–H and O–H groups in total. The molecule has 0 radical (unpaired) electrons. The Labute approximate surface area is 86.7 Å². The van der Waals surface area contributed by atoms with Crippen molar-refractivity contribution in [1.29, 1.82) is 0 Å². The van der Waals surface area contributed by atoms with E-state index < -0.39 is 0 Å². The standard InChI is InChI=1S/C9H7Cl3/c10-6-5-9(12)7-1-3-8(11)4-2-7/h1-5H,6H2/b9-5+. The highest BCUT2D eigenvalue weighted by molar-refractivity contribution is 6.49. The van der Waals surface area contributed by atoms with Crippen LogP contribution >= 0.6 is 34.8 Å². The third-order valence-electron chi connectivity index (χ3n) is 1.38. The van der Waals surface area contributed by atoms with E-state index in [0.29, 0.717) is 15.9 Å². The fraction of sp³-hybridized carbons (Fsp3) is 0.111. The van der Waals surface area contributed by atoms with E-state index in [1.54, 1.807) is 18.2 Å². The Morgan fingerprint density at radius 2 is 1.83 bits per heavy atom. The van der Waals surface area contributed by atoms with Gasteiger partial charge in [0.2, 0.25) is 0 Å². The van der Waals surface area contributed by atoms with Gasteiger partial charge in [-0.1, -0.05) is 41.4 Å². The molecular weight excluding hydrogens is 214 g/mol. The van der Waals surface area contributed by atoms with Gasteiger partial charge in [0.1, 0.15) is 0 Å². The number of hydrogen-bond donors (Lipinski definition) is 0. The molecule has 1 aromatic rings. The lowest BCUT2D eigenvalue weighted by Crippen LogP contribution is -1.76. The molecule has 0 amide bonds. The summed E-state index contributed by atoms with van der Waals surface area (Å²) in [6.07, 6.45) is 1.74. The van der Waals surface area contributed by atoms with Gasteiger partial charge in [-0.3, -0.25) is 0 Å². The van der Waals surface area contributed by atoms with Crippen molar-refractivity contribution in [2.45, 2.75) is 0 Å². The minimum atomic E-state index is 0.418. The van der Waals surface area contributed by atoms with Crippen molar-refractivity contribution in [3.05, 3.63) is 40.9 Å². The predicted octanol–water partition coefficient (Wildman–Crippen LogP) is 4.16. The van der Waals surface area contributed by atoms with Crippen molar-refractivity contribution in [3.63, 3.8) is 0 Å². The van der Waals surface area contributed by atoms with Crippen LogP contribution in [-0.2, 0) is 0 Å². The van der Waals surface area contributed by atoms with Crippen LogP contribution in [0.2, 0.25) is 5.02 Å². The lowest BCUT2D eigenvalue weighted by Gasteiger charge is -1.97. The van der Waals surface area contributed by atoms with Crippen LogP contribution < -0.4 is 0 Å². The van der Waals surface area contributed by atoms with Gasteiger partial charge in [-0.15, -0.1) is 11.6 Å². The molecule has 12 heavy (non-hydrogen) atoms. The molecule has 0 bridgehead atoms. The molecule has 0 atom stereocenters. The second-order valence-corrected chi connectivity index (χ2v) is 3.37. The molecule has 0 aliphatic heterocycles. The Morgan fingerprint density at radius 1 is 1.25 bits per heavy atom. The van der Waals surface area contributed by atoms with Crippen LogP contribution in [0.25, 0.3) is 5.03 Å². The minimum absolute atomic E-state index is 0.418. The molecule has 0 aromatic heterocycles. The Kier molecular flexibility index (Phi) is 3.93. The number of alkyl halides is 1. The first-order valence-electron chi connectivity index (χ1n) is 3.41. The SMILES string of the molecule is ClC/C=C(/Cl)c1ccc(Cl)cc1. The number of allylic oxidation sites excluding steroid dienone is 1. The zero-order valence-electron chi connectivity index (χ0n) is 6.23. The van der Waals surface area contributed by atoms with Crippen molar-refractivity contribution < 1.29 is 0 Å². The molecule has 0 saturated heterocycles. The van der Waals surface area contributed by atoms with Crippen LogP contribution in [0.15, 0.2) is 30.3 Å². The van der Waals surface area contributed by atoms with E-state index >= 15 is 0 Å². The smallest absolute Gasteiger partial charge is 0.0450 e. The first kappa shape index (κ1) is 9.91. The maximum absolute atomic E-state index is 5.89. The van der Waals surface area contributed by atoms with Crippen molar-refractivity contribution in [1.82, 2.24) is 0 Å². The number of rotatable bonds is 2. The van der Waals surface area contributed by atoms with E-state index in [4.69, 9.17) is 34.8 Å². The van der Waals surface area contributed by atoms with Crippen LogP contribution in [0.3, 0.4) is 0 Å². The second kappa shape index (κ2) is 4.76. The van der Waals surface area contributed by atoms with Gasteiger partial charge in [-0.25, -0.2) is 0 Å². The van der Waals surface area contributed by atoms with Crippen LogP contribution in [0.5, 0.6) is 0 Å². The average Bonchev–Trinajstić information content (AvgIpc) is 2.06. The molecule has 0 aliphatic carbocycles. The Morgan fingerprint density at radius 3 is 2.33 bits per heavy atom. The molecule has 0 nitrogen and oxygen atoms in total. The van der Waals surface area contributed by atoms with E-state index in [1.165, 1.54) is 0 Å². The summed E-state index contributed by atoms with van der Waals surface area (Å²) in [5.41, 5.74) is 0.932. The van der Waals surface area contributed by atoms with Gasteiger partial charge < -0.3 is 0 Å². The Bertz CT molecular complexity index is 274. The molecule has 1 aromatic carbocycles. The fourth-order valence-electron chi connectivity index (χ4n) is 0.795. The quantitative estimate of drug-likeness (QED) is 0.658. The van der Waals surface area contributed by atoms with Gasteiger partial charge in [-0.05, 0) is 17.7 Å². The summed E-state index contributed by atoms with van der Waals surface area (Å²) in [5.74, 6) is 0.418. The Balaban J connectivity index is 2.89. The summed E-state index contributed by atoms with van der Waals surface area (Å²) in [6, 6.07) is 7.30. The number of halogens is 3. The Hall–Kier alpha value is -0.170. The summed E-state index contributed by atoms with van der Waals surface area (Å²) < 4.78 is 0. The summed E-state index contributed by atoms with van der Waals surface area (Å²) in [6.45, 7) is 0. The second-order valence-electron chi connectivity index (χ2n) is 2.21. The van der Waals surface area contributed by atoms with Gasteiger partial charge in [-0.2, -0.15) is 0 Å². The van der Waals surface area contributed by atoms with E-state index in [0.717, 1.165) is 5.56 Å². The zero-order chi connectivity index (χ0) is 8.97. The number of hydrogen-bond acceptors (Lipinski definition) is 0. The summed E-state index contributed by atoms with van der Waals surface area (Å²) in [7, 11) is 0. The van der Waals surface area contributed by atoms with Gasteiger partial charge in [0.05, 0.1) is 0 Å². The van der Waals surface area contributed by atoms with Crippen molar-refractivity contribution in [2.75, 3.05) is 5.88 Å². The van der Waals surface area contributed by atoms with Crippen molar-refractivity contribution in [2.24, 2.45) is 0 Å². The minimum Gasteiger partial charge on any atom is -0.122 e. The molecule has 0 unspecified atom stereocenters. The molecule has 0 saturated carbocycles. The molecule has 0 spiro atoms. The molecule has 3 heteroatoms. The van der Waals surface area contributed by atoms with Gasteiger partial charge in [0.15, 0.2) is 0 Å². The first-order chi connectivity index (χ1) is 5.74. The summed E-state index contributed by atoms with van der Waals surface area (Å²) in [5, 5.41) is 1.36. The van der Waals surface area contributed by atoms with E-state index in [-0.39, 0.29) is 0 Å². The van der Waals surface area contributed by atoms with Gasteiger partial charge >= 0.3 is 0 Å². The average molecular weight is 222 g/mol. The molecule has 64 valence electrons. The molecule has 0 aliphatic rings. The maximum Gasteiger partial charge on any atom is 0.0450 e. The predicted molar refractivity (Wildman–Crippen MR) is 56.0 cm³/mol. The van der Waals surface area contributed by atoms with E-state index in [9.17, 15) is 0 Å². The maximum atomic E-state index is 5.89. The van der Waals surface area contributed by atoms with Crippen LogP contribution in [0.1, 0.15) is 5.56 Å². The fourth-order valence-corrected chi connectivity index (χ4v) is 1.36. The van der Waals surface area contributed by atoms with E-state index in [1.807, 2.05) is 12.1 Å². The van der Waals surface area contributed by atoms with Crippen molar-refractivity contribution >= 4 is 39.8 Å². The van der Waals surface area contributed by atoms with Gasteiger partial charge in [0.25, 0.3) is 0 Å².